The average Bonchev–Trinajstić information content (AvgIpc) is 2.68. The lowest BCUT2D eigenvalue weighted by Gasteiger charge is -2.42. The molecule has 2 aliphatic rings. The lowest BCUT2D eigenvalue weighted by molar-refractivity contribution is -0.0342. The molecule has 4 heteroatoms. The number of phenols is 2. The third-order valence-corrected chi connectivity index (χ3v) is 6.91. The molecule has 0 heterocycles. The SMILES string of the molecule is CC1(O)CC(CC2CCCC[C@@H]2c2ccc(O)c(O)c2)C(O)c2ccccc21. The van der Waals surface area contributed by atoms with Crippen LogP contribution < -0.4 is 0 Å². The predicted octanol–water partition coefficient (Wildman–Crippen LogP) is 4.72. The first kappa shape index (κ1) is 19.3. The maximum Gasteiger partial charge on any atom is 0.157 e. The zero-order chi connectivity index (χ0) is 19.9. The monoisotopic (exact) mass is 382 g/mol. The molecule has 4 N–H and O–H groups in total. The minimum atomic E-state index is -0.929. The second kappa shape index (κ2) is 7.41. The fraction of sp³-hybridized carbons (Fsp3) is 0.500. The van der Waals surface area contributed by atoms with E-state index in [1.54, 1.807) is 12.1 Å². The normalized spacial score (nSPS) is 32.7. The van der Waals surface area contributed by atoms with E-state index in [9.17, 15) is 20.4 Å². The minimum absolute atomic E-state index is 0.00112. The number of hydrogen-bond donors (Lipinski definition) is 4. The molecule has 0 amide bonds. The third-order valence-electron chi connectivity index (χ3n) is 6.91. The van der Waals surface area contributed by atoms with Crippen LogP contribution in [0.5, 0.6) is 11.5 Å². The van der Waals surface area contributed by atoms with Crippen molar-refractivity contribution in [3.05, 3.63) is 59.2 Å². The van der Waals surface area contributed by atoms with Crippen LogP contribution in [-0.4, -0.2) is 20.4 Å². The molecule has 4 unspecified atom stereocenters. The highest BCUT2D eigenvalue weighted by atomic mass is 16.3. The van der Waals surface area contributed by atoms with E-state index in [4.69, 9.17) is 0 Å². The first-order chi connectivity index (χ1) is 13.4. The third kappa shape index (κ3) is 3.51. The second-order valence-electron chi connectivity index (χ2n) is 8.91. The molecule has 0 bridgehead atoms. The van der Waals surface area contributed by atoms with E-state index >= 15 is 0 Å². The van der Waals surface area contributed by atoms with Crippen LogP contribution in [0, 0.1) is 11.8 Å². The Morgan fingerprint density at radius 1 is 0.964 bits per heavy atom. The highest BCUT2D eigenvalue weighted by Gasteiger charge is 2.41. The Bertz CT molecular complexity index is 844. The minimum Gasteiger partial charge on any atom is -0.504 e. The maximum atomic E-state index is 11.0. The van der Waals surface area contributed by atoms with E-state index in [-0.39, 0.29) is 17.4 Å². The van der Waals surface area contributed by atoms with Crippen molar-refractivity contribution in [2.24, 2.45) is 11.8 Å². The molecule has 1 saturated carbocycles. The summed E-state index contributed by atoms with van der Waals surface area (Å²) in [4.78, 5) is 0. The number of aliphatic hydroxyl groups excluding tert-OH is 1. The summed E-state index contributed by atoms with van der Waals surface area (Å²) >= 11 is 0. The number of phenolic OH excluding ortho intramolecular Hbond substituents is 2. The van der Waals surface area contributed by atoms with Crippen LogP contribution >= 0.6 is 0 Å². The van der Waals surface area contributed by atoms with Gasteiger partial charge < -0.3 is 20.4 Å². The van der Waals surface area contributed by atoms with Crippen molar-refractivity contribution in [1.82, 2.24) is 0 Å². The Kier molecular flexibility index (Phi) is 5.11. The molecular formula is C24H30O4. The summed E-state index contributed by atoms with van der Waals surface area (Å²) in [5, 5.41) is 41.6. The first-order valence-electron chi connectivity index (χ1n) is 10.4. The molecule has 0 radical (unpaired) electrons. The number of aliphatic hydroxyl groups is 2. The lowest BCUT2D eigenvalue weighted by atomic mass is 9.66. The van der Waals surface area contributed by atoms with Crippen LogP contribution in [0.1, 0.15) is 74.2 Å². The summed E-state index contributed by atoms with van der Waals surface area (Å²) in [5.41, 5.74) is 1.81. The summed E-state index contributed by atoms with van der Waals surface area (Å²) in [6, 6.07) is 12.8. The fourth-order valence-corrected chi connectivity index (χ4v) is 5.53. The van der Waals surface area contributed by atoms with Crippen LogP contribution in [-0.2, 0) is 5.60 Å². The molecule has 1 fully saturated rings. The van der Waals surface area contributed by atoms with Gasteiger partial charge >= 0.3 is 0 Å². The summed E-state index contributed by atoms with van der Waals surface area (Å²) in [6.07, 6.45) is 5.28. The van der Waals surface area contributed by atoms with Gasteiger partial charge in [-0.3, -0.25) is 0 Å². The Hall–Kier alpha value is -2.04. The van der Waals surface area contributed by atoms with E-state index in [2.05, 4.69) is 0 Å². The summed E-state index contributed by atoms with van der Waals surface area (Å²) in [6.45, 7) is 1.85. The quantitative estimate of drug-likeness (QED) is 0.579. The standard InChI is InChI=1S/C24H30O4/c1-24(28)14-17(23(27)19-8-4-5-9-20(19)24)12-15-6-2-3-7-18(15)16-10-11-21(25)22(26)13-16/h4-5,8-11,13,15,17-18,23,25-28H,2-3,6-7,12,14H2,1H3/t15?,17?,18-,23?,24?/m0/s1. The van der Waals surface area contributed by atoms with E-state index in [0.717, 1.165) is 42.4 Å². The van der Waals surface area contributed by atoms with Gasteiger partial charge in [0.15, 0.2) is 11.5 Å². The Labute approximate surface area is 166 Å². The number of hydrogen-bond acceptors (Lipinski definition) is 4. The molecule has 4 rings (SSSR count). The van der Waals surface area contributed by atoms with Crippen molar-refractivity contribution >= 4 is 0 Å². The van der Waals surface area contributed by atoms with Gasteiger partial charge in [0.05, 0.1) is 11.7 Å². The van der Waals surface area contributed by atoms with E-state index < -0.39 is 11.7 Å². The van der Waals surface area contributed by atoms with Gasteiger partial charge in [0.2, 0.25) is 0 Å². The van der Waals surface area contributed by atoms with Crippen molar-refractivity contribution in [1.29, 1.82) is 0 Å². The Morgan fingerprint density at radius 2 is 1.71 bits per heavy atom. The summed E-state index contributed by atoms with van der Waals surface area (Å²) in [5.74, 6) is 0.525. The van der Waals surface area contributed by atoms with Gasteiger partial charge in [-0.05, 0) is 79.2 Å². The number of benzene rings is 2. The molecule has 4 nitrogen and oxygen atoms in total. The van der Waals surface area contributed by atoms with Crippen molar-refractivity contribution in [3.8, 4) is 11.5 Å². The molecule has 28 heavy (non-hydrogen) atoms. The zero-order valence-electron chi connectivity index (χ0n) is 16.4. The number of fused-ring (bicyclic) bond motifs is 1. The number of rotatable bonds is 3. The maximum absolute atomic E-state index is 11.0. The van der Waals surface area contributed by atoms with Gasteiger partial charge in [-0.2, -0.15) is 0 Å². The van der Waals surface area contributed by atoms with Gasteiger partial charge in [0, 0.05) is 0 Å². The molecular weight excluding hydrogens is 352 g/mol. The van der Waals surface area contributed by atoms with Crippen LogP contribution in [0.25, 0.3) is 0 Å². The van der Waals surface area contributed by atoms with Crippen LogP contribution in [0.2, 0.25) is 0 Å². The van der Waals surface area contributed by atoms with Crippen LogP contribution in [0.15, 0.2) is 42.5 Å². The molecule has 0 spiro atoms. The zero-order valence-corrected chi connectivity index (χ0v) is 16.4. The van der Waals surface area contributed by atoms with Crippen LogP contribution in [0.4, 0.5) is 0 Å². The van der Waals surface area contributed by atoms with Crippen molar-refractivity contribution in [3.63, 3.8) is 0 Å². The summed E-state index contributed by atoms with van der Waals surface area (Å²) < 4.78 is 0. The molecule has 2 aromatic carbocycles. The highest BCUT2D eigenvalue weighted by molar-refractivity contribution is 5.42. The summed E-state index contributed by atoms with van der Waals surface area (Å²) in [7, 11) is 0. The molecule has 2 aliphatic carbocycles. The molecule has 0 saturated heterocycles. The van der Waals surface area contributed by atoms with Crippen molar-refractivity contribution in [2.45, 2.75) is 63.1 Å². The number of aromatic hydroxyl groups is 2. The van der Waals surface area contributed by atoms with Gasteiger partial charge in [0.1, 0.15) is 0 Å². The topological polar surface area (TPSA) is 80.9 Å². The first-order valence-corrected chi connectivity index (χ1v) is 10.4. The van der Waals surface area contributed by atoms with Crippen molar-refractivity contribution < 1.29 is 20.4 Å². The van der Waals surface area contributed by atoms with Gasteiger partial charge in [0.25, 0.3) is 0 Å². The van der Waals surface area contributed by atoms with E-state index in [0.29, 0.717) is 18.3 Å². The largest absolute Gasteiger partial charge is 0.504 e. The van der Waals surface area contributed by atoms with Gasteiger partial charge in [-0.25, -0.2) is 0 Å². The van der Waals surface area contributed by atoms with Crippen molar-refractivity contribution in [2.75, 3.05) is 0 Å². The predicted molar refractivity (Wildman–Crippen MR) is 108 cm³/mol. The van der Waals surface area contributed by atoms with Gasteiger partial charge in [-0.1, -0.05) is 43.2 Å². The molecule has 2 aromatic rings. The average molecular weight is 383 g/mol. The smallest absolute Gasteiger partial charge is 0.157 e. The highest BCUT2D eigenvalue weighted by Crippen LogP contribution is 2.49. The lowest BCUT2D eigenvalue weighted by Crippen LogP contribution is -2.36. The van der Waals surface area contributed by atoms with E-state index in [1.165, 1.54) is 6.42 Å². The Morgan fingerprint density at radius 3 is 2.50 bits per heavy atom. The van der Waals surface area contributed by atoms with Crippen LogP contribution in [0.3, 0.4) is 0 Å². The molecule has 5 atom stereocenters. The molecule has 0 aliphatic heterocycles. The fourth-order valence-electron chi connectivity index (χ4n) is 5.53. The molecule has 0 aromatic heterocycles. The van der Waals surface area contributed by atoms with Gasteiger partial charge in [-0.15, -0.1) is 0 Å². The Balaban J connectivity index is 1.59. The molecule has 150 valence electrons. The second-order valence-corrected chi connectivity index (χ2v) is 8.91. The van der Waals surface area contributed by atoms with E-state index in [1.807, 2.05) is 37.3 Å².